The second kappa shape index (κ2) is 5.48. The van der Waals surface area contributed by atoms with E-state index >= 15 is 0 Å². The second-order valence-electron chi connectivity index (χ2n) is 4.35. The second-order valence-corrected chi connectivity index (χ2v) is 4.35. The van der Waals surface area contributed by atoms with Gasteiger partial charge in [0.15, 0.2) is 0 Å². The summed E-state index contributed by atoms with van der Waals surface area (Å²) < 4.78 is 50.2. The molecule has 1 atom stereocenters. The van der Waals surface area contributed by atoms with E-state index in [0.29, 0.717) is 11.3 Å². The van der Waals surface area contributed by atoms with Crippen LogP contribution in [0.2, 0.25) is 0 Å². The molecule has 20 heavy (non-hydrogen) atoms. The van der Waals surface area contributed by atoms with Crippen molar-refractivity contribution in [3.8, 4) is 0 Å². The van der Waals surface area contributed by atoms with Crippen LogP contribution in [0, 0.1) is 5.82 Å². The van der Waals surface area contributed by atoms with Gasteiger partial charge in [0.05, 0.1) is 11.9 Å². The Labute approximate surface area is 113 Å². The largest absolute Gasteiger partial charge is 0.433 e. The summed E-state index contributed by atoms with van der Waals surface area (Å²) in [7, 11) is 0. The maximum Gasteiger partial charge on any atom is 0.433 e. The van der Waals surface area contributed by atoms with Gasteiger partial charge in [-0.25, -0.2) is 9.37 Å². The van der Waals surface area contributed by atoms with Gasteiger partial charge in [0.1, 0.15) is 11.5 Å². The molecule has 1 unspecified atom stereocenters. The van der Waals surface area contributed by atoms with Gasteiger partial charge in [-0.1, -0.05) is 12.1 Å². The molecule has 0 spiro atoms. The summed E-state index contributed by atoms with van der Waals surface area (Å²) in [5, 5.41) is 2.97. The van der Waals surface area contributed by atoms with E-state index in [-0.39, 0.29) is 11.9 Å². The summed E-state index contributed by atoms with van der Waals surface area (Å²) in [5.41, 5.74) is 0.195. The number of hydrogen-bond donors (Lipinski definition) is 1. The average molecular weight is 284 g/mol. The number of anilines is 1. The maximum absolute atomic E-state index is 13.1. The molecule has 0 radical (unpaired) electrons. The van der Waals surface area contributed by atoms with Gasteiger partial charge in [-0.3, -0.25) is 0 Å². The molecule has 0 saturated carbocycles. The number of benzene rings is 1. The fraction of sp³-hybridized carbons (Fsp3) is 0.214. The number of hydrogen-bond acceptors (Lipinski definition) is 2. The summed E-state index contributed by atoms with van der Waals surface area (Å²) >= 11 is 0. The van der Waals surface area contributed by atoms with Crippen LogP contribution in [0.25, 0.3) is 0 Å². The third-order valence-corrected chi connectivity index (χ3v) is 2.79. The van der Waals surface area contributed by atoms with Gasteiger partial charge < -0.3 is 5.32 Å². The molecule has 1 aromatic carbocycles. The van der Waals surface area contributed by atoms with Gasteiger partial charge in [-0.05, 0) is 36.8 Å². The standard InChI is InChI=1S/C14H12F4N2/c1-9(10-3-2-4-11(15)7-10)20-12-5-6-13(19-8-12)14(16,17)18/h2-9,20H,1H3. The zero-order chi connectivity index (χ0) is 14.8. The molecule has 1 heterocycles. The summed E-state index contributed by atoms with van der Waals surface area (Å²) in [6.45, 7) is 1.78. The lowest BCUT2D eigenvalue weighted by Crippen LogP contribution is -2.10. The molecule has 0 amide bonds. The van der Waals surface area contributed by atoms with E-state index in [1.165, 1.54) is 18.2 Å². The highest BCUT2D eigenvalue weighted by Gasteiger charge is 2.32. The fourth-order valence-electron chi connectivity index (χ4n) is 1.76. The Balaban J connectivity index is 2.10. The van der Waals surface area contributed by atoms with E-state index < -0.39 is 11.9 Å². The third-order valence-electron chi connectivity index (χ3n) is 2.79. The molecule has 2 nitrogen and oxygen atoms in total. The highest BCUT2D eigenvalue weighted by atomic mass is 19.4. The molecule has 0 bridgehead atoms. The first-order chi connectivity index (χ1) is 9.36. The first-order valence-corrected chi connectivity index (χ1v) is 5.91. The SMILES string of the molecule is CC(Nc1ccc(C(F)(F)F)nc1)c1cccc(F)c1. The van der Waals surface area contributed by atoms with E-state index in [9.17, 15) is 17.6 Å². The molecule has 0 fully saturated rings. The normalized spacial score (nSPS) is 13.1. The molecule has 0 aliphatic carbocycles. The van der Waals surface area contributed by atoms with E-state index in [2.05, 4.69) is 10.3 Å². The molecular formula is C14H12F4N2. The van der Waals surface area contributed by atoms with Crippen molar-refractivity contribution in [2.24, 2.45) is 0 Å². The molecule has 1 aromatic heterocycles. The number of nitrogens with one attached hydrogen (secondary N) is 1. The van der Waals surface area contributed by atoms with Crippen LogP contribution in [0.15, 0.2) is 42.6 Å². The number of rotatable bonds is 3. The molecule has 0 aliphatic heterocycles. The van der Waals surface area contributed by atoms with Crippen molar-refractivity contribution in [3.63, 3.8) is 0 Å². The van der Waals surface area contributed by atoms with Crippen LogP contribution in [0.4, 0.5) is 23.2 Å². The Hall–Kier alpha value is -2.11. The summed E-state index contributed by atoms with van der Waals surface area (Å²) in [6.07, 6.45) is -3.34. The Morgan fingerprint density at radius 3 is 2.45 bits per heavy atom. The van der Waals surface area contributed by atoms with Crippen LogP contribution in [-0.2, 0) is 6.18 Å². The molecule has 0 saturated heterocycles. The van der Waals surface area contributed by atoms with E-state index in [4.69, 9.17) is 0 Å². The van der Waals surface area contributed by atoms with E-state index in [0.717, 1.165) is 12.3 Å². The minimum atomic E-state index is -4.45. The summed E-state index contributed by atoms with van der Waals surface area (Å²) in [6, 6.07) is 7.97. The van der Waals surface area contributed by atoms with Crippen molar-refractivity contribution < 1.29 is 17.6 Å². The van der Waals surface area contributed by atoms with Gasteiger partial charge in [0.2, 0.25) is 0 Å². The van der Waals surface area contributed by atoms with Gasteiger partial charge in [-0.15, -0.1) is 0 Å². The molecule has 2 aromatic rings. The number of aromatic nitrogens is 1. The van der Waals surface area contributed by atoms with Crippen molar-refractivity contribution >= 4 is 5.69 Å². The van der Waals surface area contributed by atoms with Gasteiger partial charge in [0, 0.05) is 6.04 Å². The highest BCUT2D eigenvalue weighted by molar-refractivity contribution is 5.44. The predicted molar refractivity (Wildman–Crippen MR) is 67.7 cm³/mol. The van der Waals surface area contributed by atoms with Crippen LogP contribution < -0.4 is 5.32 Å². The van der Waals surface area contributed by atoms with E-state index in [1.807, 2.05) is 0 Å². The van der Waals surface area contributed by atoms with Crippen LogP contribution in [0.5, 0.6) is 0 Å². The monoisotopic (exact) mass is 284 g/mol. The Bertz CT molecular complexity index is 578. The molecule has 0 aliphatic rings. The van der Waals surface area contributed by atoms with Gasteiger partial charge in [-0.2, -0.15) is 13.2 Å². The van der Waals surface area contributed by atoms with Crippen molar-refractivity contribution in [2.45, 2.75) is 19.1 Å². The fourth-order valence-corrected chi connectivity index (χ4v) is 1.76. The lowest BCUT2D eigenvalue weighted by Gasteiger charge is -2.16. The van der Waals surface area contributed by atoms with Crippen molar-refractivity contribution in [1.29, 1.82) is 0 Å². The van der Waals surface area contributed by atoms with Crippen molar-refractivity contribution in [3.05, 3.63) is 59.7 Å². The molecule has 1 N–H and O–H groups in total. The Morgan fingerprint density at radius 1 is 1.15 bits per heavy atom. The van der Waals surface area contributed by atoms with Crippen molar-refractivity contribution in [2.75, 3.05) is 5.32 Å². The van der Waals surface area contributed by atoms with Gasteiger partial charge >= 0.3 is 6.18 Å². The highest BCUT2D eigenvalue weighted by Crippen LogP contribution is 2.28. The first-order valence-electron chi connectivity index (χ1n) is 5.91. The van der Waals surface area contributed by atoms with E-state index in [1.54, 1.807) is 19.1 Å². The third kappa shape index (κ3) is 3.46. The summed E-state index contributed by atoms with van der Waals surface area (Å²) in [4.78, 5) is 3.35. The zero-order valence-corrected chi connectivity index (χ0v) is 10.6. The smallest absolute Gasteiger partial charge is 0.377 e. The molecular weight excluding hydrogens is 272 g/mol. The number of alkyl halides is 3. The molecule has 2 rings (SSSR count). The minimum Gasteiger partial charge on any atom is -0.377 e. The average Bonchev–Trinajstić information content (AvgIpc) is 2.38. The number of halogens is 4. The van der Waals surface area contributed by atoms with Crippen LogP contribution in [0.3, 0.4) is 0 Å². The molecule has 106 valence electrons. The number of nitrogens with zero attached hydrogens (tertiary/aromatic N) is 1. The van der Waals surface area contributed by atoms with Crippen LogP contribution >= 0.6 is 0 Å². The number of pyridine rings is 1. The van der Waals surface area contributed by atoms with Gasteiger partial charge in [0.25, 0.3) is 0 Å². The minimum absolute atomic E-state index is 0.246. The molecule has 6 heteroatoms. The lowest BCUT2D eigenvalue weighted by molar-refractivity contribution is -0.141. The maximum atomic E-state index is 13.1. The van der Waals surface area contributed by atoms with Crippen LogP contribution in [0.1, 0.15) is 24.2 Å². The predicted octanol–water partition coefficient (Wildman–Crippen LogP) is 4.41. The Morgan fingerprint density at radius 2 is 1.90 bits per heavy atom. The first kappa shape index (κ1) is 14.3. The Kier molecular flexibility index (Phi) is 3.92. The summed E-state index contributed by atoms with van der Waals surface area (Å²) in [5.74, 6) is -0.360. The quantitative estimate of drug-likeness (QED) is 0.844. The van der Waals surface area contributed by atoms with Crippen LogP contribution in [-0.4, -0.2) is 4.98 Å². The topological polar surface area (TPSA) is 24.9 Å². The zero-order valence-electron chi connectivity index (χ0n) is 10.6. The lowest BCUT2D eigenvalue weighted by atomic mass is 10.1. The van der Waals surface area contributed by atoms with Crippen molar-refractivity contribution in [1.82, 2.24) is 4.98 Å².